The predicted octanol–water partition coefficient (Wildman–Crippen LogP) is 1.21. The van der Waals surface area contributed by atoms with Crippen molar-refractivity contribution in [1.29, 1.82) is 0 Å². The largest absolute Gasteiger partial charge is 0.388 e. The average molecular weight is 330 g/mol. The highest BCUT2D eigenvalue weighted by Gasteiger charge is 2.37. The minimum atomic E-state index is -1.00. The Hall–Kier alpha value is -2.02. The Morgan fingerprint density at radius 3 is 2.96 bits per heavy atom. The van der Waals surface area contributed by atoms with Crippen LogP contribution >= 0.6 is 0 Å². The van der Waals surface area contributed by atoms with E-state index in [0.717, 1.165) is 17.3 Å². The van der Waals surface area contributed by atoms with E-state index in [9.17, 15) is 15.0 Å². The van der Waals surface area contributed by atoms with Crippen LogP contribution in [0.25, 0.3) is 10.9 Å². The van der Waals surface area contributed by atoms with Gasteiger partial charge in [-0.15, -0.1) is 0 Å². The maximum Gasteiger partial charge on any atom is 0.254 e. The number of carbonyl (C=O) groups excluding carboxylic acids is 1. The summed E-state index contributed by atoms with van der Waals surface area (Å²) in [4.78, 5) is 18.8. The molecule has 128 valence electrons. The van der Waals surface area contributed by atoms with Crippen LogP contribution in [0.3, 0.4) is 0 Å². The summed E-state index contributed by atoms with van der Waals surface area (Å²) >= 11 is 0. The van der Waals surface area contributed by atoms with Gasteiger partial charge >= 0.3 is 0 Å². The lowest BCUT2D eigenvalue weighted by atomic mass is 10.0. The van der Waals surface area contributed by atoms with Gasteiger partial charge in [0.2, 0.25) is 0 Å². The van der Waals surface area contributed by atoms with Gasteiger partial charge in [0.1, 0.15) is 12.2 Å². The molecule has 0 radical (unpaired) electrons. The first-order valence-electron chi connectivity index (χ1n) is 8.21. The molecule has 0 aliphatic carbocycles. The molecule has 0 bridgehead atoms. The second kappa shape index (κ2) is 7.25. The number of aromatic nitrogens is 1. The quantitative estimate of drug-likeness (QED) is 0.880. The van der Waals surface area contributed by atoms with Gasteiger partial charge in [-0.05, 0) is 30.7 Å². The van der Waals surface area contributed by atoms with Crippen molar-refractivity contribution in [2.45, 2.75) is 31.6 Å². The zero-order valence-electron chi connectivity index (χ0n) is 13.6. The third-order valence-electron chi connectivity index (χ3n) is 4.34. The van der Waals surface area contributed by atoms with E-state index in [1.807, 2.05) is 25.1 Å². The number of hydrogen-bond acceptors (Lipinski definition) is 5. The van der Waals surface area contributed by atoms with Crippen molar-refractivity contribution in [2.24, 2.45) is 0 Å². The highest BCUT2D eigenvalue weighted by atomic mass is 16.5. The van der Waals surface area contributed by atoms with Crippen LogP contribution in [0.5, 0.6) is 0 Å². The van der Waals surface area contributed by atoms with E-state index in [4.69, 9.17) is 4.74 Å². The first-order chi connectivity index (χ1) is 11.6. The van der Waals surface area contributed by atoms with Crippen molar-refractivity contribution in [2.75, 3.05) is 19.8 Å². The van der Waals surface area contributed by atoms with Gasteiger partial charge in [0.05, 0.1) is 24.8 Å². The molecule has 3 rings (SSSR count). The summed E-state index contributed by atoms with van der Waals surface area (Å²) in [5, 5.41) is 21.0. The molecular formula is C18H22N2O4. The Morgan fingerprint density at radius 1 is 1.33 bits per heavy atom. The van der Waals surface area contributed by atoms with Gasteiger partial charge in [0.15, 0.2) is 0 Å². The fourth-order valence-corrected chi connectivity index (χ4v) is 3.07. The minimum absolute atomic E-state index is 0.0907. The van der Waals surface area contributed by atoms with Crippen molar-refractivity contribution >= 4 is 16.8 Å². The second-order valence-electron chi connectivity index (χ2n) is 6.07. The fourth-order valence-electron chi connectivity index (χ4n) is 3.07. The Bertz CT molecular complexity index is 721. The molecule has 1 aliphatic rings. The molecule has 3 atom stereocenters. The zero-order valence-corrected chi connectivity index (χ0v) is 13.6. The molecule has 6 nitrogen and oxygen atoms in total. The van der Waals surface area contributed by atoms with E-state index in [0.29, 0.717) is 12.1 Å². The second-order valence-corrected chi connectivity index (χ2v) is 6.07. The lowest BCUT2D eigenvalue weighted by Crippen LogP contribution is -2.57. The van der Waals surface area contributed by atoms with Crippen LogP contribution < -0.4 is 0 Å². The van der Waals surface area contributed by atoms with E-state index >= 15 is 0 Å². The molecule has 0 unspecified atom stereocenters. The van der Waals surface area contributed by atoms with Crippen molar-refractivity contribution in [3.05, 3.63) is 42.1 Å². The summed E-state index contributed by atoms with van der Waals surface area (Å²) < 4.78 is 5.33. The topological polar surface area (TPSA) is 82.9 Å². The zero-order chi connectivity index (χ0) is 17.1. The normalized spacial score (nSPS) is 24.0. The number of rotatable bonds is 4. The summed E-state index contributed by atoms with van der Waals surface area (Å²) in [6, 6.07) is 8.55. The Kier molecular flexibility index (Phi) is 5.08. The molecule has 1 aliphatic heterocycles. The number of hydrogen-bond donors (Lipinski definition) is 2. The summed E-state index contributed by atoms with van der Waals surface area (Å²) in [5.74, 6) is -0.177. The SMILES string of the molecule is CCCN(C(=O)c1ccc2ncccc2c1)[C@@H]1COC[C@@H](O)[C@H]1O. The molecular weight excluding hydrogens is 308 g/mol. The van der Waals surface area contributed by atoms with E-state index < -0.39 is 18.2 Å². The first-order valence-corrected chi connectivity index (χ1v) is 8.21. The lowest BCUT2D eigenvalue weighted by molar-refractivity contribution is -0.125. The number of amides is 1. The van der Waals surface area contributed by atoms with E-state index in [1.54, 1.807) is 23.2 Å². The molecule has 1 saturated heterocycles. The molecule has 1 amide bonds. The molecule has 1 aromatic carbocycles. The minimum Gasteiger partial charge on any atom is -0.388 e. The molecule has 2 aromatic rings. The van der Waals surface area contributed by atoms with Gasteiger partial charge in [0, 0.05) is 23.7 Å². The summed E-state index contributed by atoms with van der Waals surface area (Å²) in [7, 11) is 0. The third kappa shape index (κ3) is 3.26. The molecule has 6 heteroatoms. The molecule has 2 N–H and O–H groups in total. The van der Waals surface area contributed by atoms with Crippen molar-refractivity contribution < 1.29 is 19.7 Å². The number of ether oxygens (including phenoxy) is 1. The standard InChI is InChI=1S/C18H22N2O4/c1-2-8-20(15-10-24-11-16(21)17(15)22)18(23)13-5-6-14-12(9-13)4-3-7-19-14/h3-7,9,15-17,21-22H,2,8,10-11H2,1H3/t15-,16-,17+/m1/s1. The van der Waals surface area contributed by atoms with Crippen LogP contribution in [-0.4, -0.2) is 64.0 Å². The number of pyridine rings is 1. The molecule has 24 heavy (non-hydrogen) atoms. The van der Waals surface area contributed by atoms with Crippen molar-refractivity contribution in [3.63, 3.8) is 0 Å². The van der Waals surface area contributed by atoms with Gasteiger partial charge in [-0.2, -0.15) is 0 Å². The van der Waals surface area contributed by atoms with Gasteiger partial charge in [-0.25, -0.2) is 0 Å². The maximum atomic E-state index is 13.0. The molecule has 2 heterocycles. The fraction of sp³-hybridized carbons (Fsp3) is 0.444. The van der Waals surface area contributed by atoms with Crippen LogP contribution in [0.2, 0.25) is 0 Å². The Morgan fingerprint density at radius 2 is 2.17 bits per heavy atom. The molecule has 1 aromatic heterocycles. The number of aliphatic hydroxyl groups is 2. The maximum absolute atomic E-state index is 13.0. The van der Waals surface area contributed by atoms with Gasteiger partial charge in [-0.1, -0.05) is 13.0 Å². The van der Waals surface area contributed by atoms with Crippen LogP contribution in [0.4, 0.5) is 0 Å². The monoisotopic (exact) mass is 330 g/mol. The van der Waals surface area contributed by atoms with Crippen LogP contribution in [0.1, 0.15) is 23.7 Å². The van der Waals surface area contributed by atoms with E-state index in [1.165, 1.54) is 0 Å². The van der Waals surface area contributed by atoms with Gasteiger partial charge in [-0.3, -0.25) is 9.78 Å². The number of benzene rings is 1. The molecule has 0 saturated carbocycles. The lowest BCUT2D eigenvalue weighted by Gasteiger charge is -2.39. The molecule has 1 fully saturated rings. The Labute approximate surface area is 140 Å². The highest BCUT2D eigenvalue weighted by molar-refractivity contribution is 5.98. The van der Waals surface area contributed by atoms with Crippen LogP contribution in [0.15, 0.2) is 36.5 Å². The smallest absolute Gasteiger partial charge is 0.254 e. The summed E-state index contributed by atoms with van der Waals surface area (Å²) in [6.45, 7) is 2.77. The number of nitrogens with zero attached hydrogens (tertiary/aromatic N) is 2. The highest BCUT2D eigenvalue weighted by Crippen LogP contribution is 2.20. The third-order valence-corrected chi connectivity index (χ3v) is 4.34. The van der Waals surface area contributed by atoms with Crippen LogP contribution in [0, 0.1) is 0 Å². The van der Waals surface area contributed by atoms with Crippen molar-refractivity contribution in [1.82, 2.24) is 9.88 Å². The molecule has 0 spiro atoms. The summed E-state index contributed by atoms with van der Waals surface area (Å²) in [6.07, 6.45) is 0.484. The number of aliphatic hydroxyl groups excluding tert-OH is 2. The number of carbonyl (C=O) groups is 1. The van der Waals surface area contributed by atoms with E-state index in [-0.39, 0.29) is 19.1 Å². The first kappa shape index (κ1) is 16.8. The Balaban J connectivity index is 1.90. The van der Waals surface area contributed by atoms with Gasteiger partial charge < -0.3 is 19.8 Å². The van der Waals surface area contributed by atoms with E-state index in [2.05, 4.69) is 4.98 Å². The average Bonchev–Trinajstić information content (AvgIpc) is 2.61. The summed E-state index contributed by atoms with van der Waals surface area (Å²) in [5.41, 5.74) is 1.36. The van der Waals surface area contributed by atoms with Crippen LogP contribution in [-0.2, 0) is 4.74 Å². The van der Waals surface area contributed by atoms with Gasteiger partial charge in [0.25, 0.3) is 5.91 Å². The predicted molar refractivity (Wildman–Crippen MR) is 89.7 cm³/mol. The number of fused-ring (bicyclic) bond motifs is 1. The van der Waals surface area contributed by atoms with Crippen molar-refractivity contribution in [3.8, 4) is 0 Å².